The molecule has 1 heterocycles. The topological polar surface area (TPSA) is 83.7 Å². The van der Waals surface area contributed by atoms with E-state index in [9.17, 15) is 13.2 Å². The van der Waals surface area contributed by atoms with E-state index < -0.39 is 15.8 Å². The van der Waals surface area contributed by atoms with Gasteiger partial charge in [0.05, 0.1) is 0 Å². The molecule has 100 valence electrons. The van der Waals surface area contributed by atoms with Crippen molar-refractivity contribution in [2.45, 2.75) is 26.3 Å². The third-order valence-electron chi connectivity index (χ3n) is 2.98. The lowest BCUT2D eigenvalue weighted by atomic mass is 10.3. The molecule has 1 saturated heterocycles. The standard InChI is InChI=1S/C10H21N3O3S/c1-3-13(4-2)17(15,16)8-10(14)12-6-5-9(11)7-12/h9H,3-8,11H2,1-2H3/t9-/m1/s1. The van der Waals surface area contributed by atoms with Gasteiger partial charge in [-0.05, 0) is 6.42 Å². The van der Waals surface area contributed by atoms with Crippen LogP contribution in [-0.2, 0) is 14.8 Å². The summed E-state index contributed by atoms with van der Waals surface area (Å²) in [6, 6.07) is -0.0184. The maximum absolute atomic E-state index is 11.9. The van der Waals surface area contributed by atoms with E-state index in [-0.39, 0.29) is 11.9 Å². The van der Waals surface area contributed by atoms with Gasteiger partial charge in [-0.25, -0.2) is 12.7 Å². The van der Waals surface area contributed by atoms with Crippen molar-refractivity contribution < 1.29 is 13.2 Å². The van der Waals surface area contributed by atoms with Gasteiger partial charge in [0.15, 0.2) is 0 Å². The van der Waals surface area contributed by atoms with Gasteiger partial charge in [0.1, 0.15) is 5.75 Å². The summed E-state index contributed by atoms with van der Waals surface area (Å²) in [5, 5.41) is 0. The summed E-state index contributed by atoms with van der Waals surface area (Å²) < 4.78 is 25.1. The molecule has 17 heavy (non-hydrogen) atoms. The van der Waals surface area contributed by atoms with Crippen LogP contribution in [0.25, 0.3) is 0 Å². The molecule has 0 aromatic carbocycles. The summed E-state index contributed by atoms with van der Waals surface area (Å²) in [7, 11) is -3.48. The number of rotatable bonds is 5. The first-order valence-electron chi connectivity index (χ1n) is 5.91. The van der Waals surface area contributed by atoms with Crippen LogP contribution in [0.4, 0.5) is 0 Å². The lowest BCUT2D eigenvalue weighted by molar-refractivity contribution is -0.127. The zero-order chi connectivity index (χ0) is 13.1. The van der Waals surface area contributed by atoms with Gasteiger partial charge in [-0.2, -0.15) is 0 Å². The second-order valence-electron chi connectivity index (χ2n) is 4.23. The quantitative estimate of drug-likeness (QED) is 0.705. The molecule has 0 aliphatic carbocycles. The Labute approximate surface area is 103 Å². The number of likely N-dealkylation sites (tertiary alicyclic amines) is 1. The summed E-state index contributed by atoms with van der Waals surface area (Å²) in [6.07, 6.45) is 0.747. The van der Waals surface area contributed by atoms with Gasteiger partial charge in [0.2, 0.25) is 15.9 Å². The van der Waals surface area contributed by atoms with E-state index in [1.54, 1.807) is 13.8 Å². The van der Waals surface area contributed by atoms with Gasteiger partial charge in [0.25, 0.3) is 0 Å². The first-order valence-corrected chi connectivity index (χ1v) is 7.52. The molecule has 0 radical (unpaired) electrons. The fourth-order valence-corrected chi connectivity index (χ4v) is 3.43. The molecule has 6 nitrogen and oxygen atoms in total. The fraction of sp³-hybridized carbons (Fsp3) is 0.900. The first-order chi connectivity index (χ1) is 7.90. The predicted octanol–water partition coefficient (Wildman–Crippen LogP) is -0.782. The summed E-state index contributed by atoms with van der Waals surface area (Å²) in [6.45, 7) is 5.34. The van der Waals surface area contributed by atoms with Crippen molar-refractivity contribution in [2.24, 2.45) is 5.73 Å². The Hall–Kier alpha value is -0.660. The number of nitrogens with two attached hydrogens (primary N) is 1. The molecule has 0 saturated carbocycles. The monoisotopic (exact) mass is 263 g/mol. The van der Waals surface area contributed by atoms with Crippen LogP contribution < -0.4 is 5.73 Å². The van der Waals surface area contributed by atoms with E-state index in [2.05, 4.69) is 0 Å². The molecule has 0 unspecified atom stereocenters. The minimum absolute atomic E-state index is 0.0184. The minimum Gasteiger partial charge on any atom is -0.340 e. The molecule has 1 rings (SSSR count). The van der Waals surface area contributed by atoms with E-state index in [0.29, 0.717) is 26.2 Å². The van der Waals surface area contributed by atoms with Crippen LogP contribution in [-0.4, -0.2) is 61.5 Å². The lowest BCUT2D eigenvalue weighted by Crippen LogP contribution is -2.41. The summed E-state index contributed by atoms with van der Waals surface area (Å²) in [4.78, 5) is 13.3. The van der Waals surface area contributed by atoms with Crippen LogP contribution in [0.3, 0.4) is 0 Å². The molecule has 1 atom stereocenters. The fourth-order valence-electron chi connectivity index (χ4n) is 1.97. The molecule has 0 aromatic rings. The number of nitrogens with zero attached hydrogens (tertiary/aromatic N) is 2. The van der Waals surface area contributed by atoms with Crippen molar-refractivity contribution >= 4 is 15.9 Å². The molecular weight excluding hydrogens is 242 g/mol. The highest BCUT2D eigenvalue weighted by molar-refractivity contribution is 7.89. The normalized spacial score (nSPS) is 21.2. The number of amides is 1. The van der Waals surface area contributed by atoms with E-state index in [4.69, 9.17) is 5.73 Å². The highest BCUT2D eigenvalue weighted by Crippen LogP contribution is 2.09. The molecule has 0 spiro atoms. The van der Waals surface area contributed by atoms with Crippen molar-refractivity contribution in [3.8, 4) is 0 Å². The third kappa shape index (κ3) is 3.65. The Morgan fingerprint density at radius 1 is 1.41 bits per heavy atom. The minimum atomic E-state index is -3.48. The van der Waals surface area contributed by atoms with Crippen LogP contribution in [0, 0.1) is 0 Å². The molecule has 1 amide bonds. The van der Waals surface area contributed by atoms with E-state index in [1.165, 1.54) is 9.21 Å². The van der Waals surface area contributed by atoms with E-state index >= 15 is 0 Å². The largest absolute Gasteiger partial charge is 0.340 e. The van der Waals surface area contributed by atoms with Gasteiger partial charge < -0.3 is 10.6 Å². The molecule has 0 bridgehead atoms. The van der Waals surface area contributed by atoms with Gasteiger partial charge in [-0.3, -0.25) is 4.79 Å². The summed E-state index contributed by atoms with van der Waals surface area (Å²) in [5.74, 6) is -0.786. The highest BCUT2D eigenvalue weighted by atomic mass is 32.2. The third-order valence-corrected chi connectivity index (χ3v) is 4.90. The van der Waals surface area contributed by atoms with Gasteiger partial charge in [-0.1, -0.05) is 13.8 Å². The summed E-state index contributed by atoms with van der Waals surface area (Å²) >= 11 is 0. The van der Waals surface area contributed by atoms with E-state index in [1.807, 2.05) is 0 Å². The molecule has 0 aromatic heterocycles. The SMILES string of the molecule is CCN(CC)S(=O)(=O)CC(=O)N1CC[C@@H](N)C1. The molecule has 7 heteroatoms. The van der Waals surface area contributed by atoms with Gasteiger partial charge in [-0.15, -0.1) is 0 Å². The molecule has 1 aliphatic rings. The van der Waals surface area contributed by atoms with Crippen LogP contribution in [0.5, 0.6) is 0 Å². The Morgan fingerprint density at radius 2 is 2.00 bits per heavy atom. The van der Waals surface area contributed by atoms with Crippen LogP contribution >= 0.6 is 0 Å². The second-order valence-corrected chi connectivity index (χ2v) is 6.20. The Bertz CT molecular complexity index is 365. The van der Waals surface area contributed by atoms with Crippen molar-refractivity contribution in [1.82, 2.24) is 9.21 Å². The average molecular weight is 263 g/mol. The van der Waals surface area contributed by atoms with Gasteiger partial charge in [0, 0.05) is 32.2 Å². The van der Waals surface area contributed by atoms with Crippen molar-refractivity contribution in [3.05, 3.63) is 0 Å². The summed E-state index contributed by atoms with van der Waals surface area (Å²) in [5.41, 5.74) is 5.69. The number of carbonyl (C=O) groups excluding carboxylic acids is 1. The second kappa shape index (κ2) is 5.79. The Morgan fingerprint density at radius 3 is 2.41 bits per heavy atom. The average Bonchev–Trinajstić information content (AvgIpc) is 2.65. The van der Waals surface area contributed by atoms with Crippen LogP contribution in [0.2, 0.25) is 0 Å². The molecule has 2 N–H and O–H groups in total. The predicted molar refractivity (Wildman–Crippen MR) is 65.9 cm³/mol. The number of hydrogen-bond donors (Lipinski definition) is 1. The smallest absolute Gasteiger partial charge is 0.239 e. The number of sulfonamides is 1. The Balaban J connectivity index is 2.61. The van der Waals surface area contributed by atoms with Gasteiger partial charge >= 0.3 is 0 Å². The van der Waals surface area contributed by atoms with Crippen molar-refractivity contribution in [1.29, 1.82) is 0 Å². The maximum atomic E-state index is 11.9. The van der Waals surface area contributed by atoms with Crippen molar-refractivity contribution in [2.75, 3.05) is 31.9 Å². The zero-order valence-corrected chi connectivity index (χ0v) is 11.2. The van der Waals surface area contributed by atoms with Crippen LogP contribution in [0.15, 0.2) is 0 Å². The highest BCUT2D eigenvalue weighted by Gasteiger charge is 2.29. The zero-order valence-electron chi connectivity index (χ0n) is 10.4. The molecule has 1 aliphatic heterocycles. The first kappa shape index (κ1) is 14.4. The number of carbonyl (C=O) groups is 1. The molecule has 1 fully saturated rings. The number of hydrogen-bond acceptors (Lipinski definition) is 4. The van der Waals surface area contributed by atoms with E-state index in [0.717, 1.165) is 6.42 Å². The van der Waals surface area contributed by atoms with Crippen molar-refractivity contribution in [3.63, 3.8) is 0 Å². The maximum Gasteiger partial charge on any atom is 0.239 e. The Kier molecular flexibility index (Phi) is 4.91. The van der Waals surface area contributed by atoms with Crippen LogP contribution in [0.1, 0.15) is 20.3 Å². The molecular formula is C10H21N3O3S. The lowest BCUT2D eigenvalue weighted by Gasteiger charge is -2.21.